The number of hydrogen-bond acceptors (Lipinski definition) is 6. The maximum absolute atomic E-state index is 12.0. The SMILES string of the molecule is CNc1ccc(C(=O)NCc2ccncn2)cc1[N+](=O)[O-]. The zero-order chi connectivity index (χ0) is 15.2. The molecule has 2 N–H and O–H groups in total. The predicted octanol–water partition coefficient (Wildman–Crippen LogP) is 1.36. The Morgan fingerprint density at radius 3 is 2.81 bits per heavy atom. The highest BCUT2D eigenvalue weighted by molar-refractivity contribution is 5.95. The summed E-state index contributed by atoms with van der Waals surface area (Å²) in [4.78, 5) is 30.2. The van der Waals surface area contributed by atoms with Crippen LogP contribution in [0.3, 0.4) is 0 Å². The monoisotopic (exact) mass is 287 g/mol. The molecule has 1 amide bonds. The number of nitrogens with one attached hydrogen (secondary N) is 2. The van der Waals surface area contributed by atoms with Crippen molar-refractivity contribution in [3.05, 3.63) is 58.2 Å². The second-order valence-corrected chi connectivity index (χ2v) is 4.12. The van der Waals surface area contributed by atoms with Gasteiger partial charge in [0.2, 0.25) is 0 Å². The molecule has 8 heteroatoms. The van der Waals surface area contributed by atoms with Gasteiger partial charge >= 0.3 is 0 Å². The van der Waals surface area contributed by atoms with Gasteiger partial charge in [-0.15, -0.1) is 0 Å². The number of anilines is 1. The quantitative estimate of drug-likeness (QED) is 0.634. The van der Waals surface area contributed by atoms with Gasteiger partial charge in [0.15, 0.2) is 0 Å². The molecular formula is C13H13N5O3. The van der Waals surface area contributed by atoms with Crippen LogP contribution in [-0.4, -0.2) is 27.8 Å². The Kier molecular flexibility index (Phi) is 4.39. The highest BCUT2D eigenvalue weighted by atomic mass is 16.6. The smallest absolute Gasteiger partial charge is 0.293 e. The Morgan fingerprint density at radius 2 is 2.19 bits per heavy atom. The fourth-order valence-electron chi connectivity index (χ4n) is 1.73. The number of benzene rings is 1. The zero-order valence-corrected chi connectivity index (χ0v) is 11.2. The number of rotatable bonds is 5. The number of aromatic nitrogens is 2. The first-order valence-corrected chi connectivity index (χ1v) is 6.11. The van der Waals surface area contributed by atoms with Crippen LogP contribution in [0.25, 0.3) is 0 Å². The van der Waals surface area contributed by atoms with Gasteiger partial charge in [-0.25, -0.2) is 9.97 Å². The summed E-state index contributed by atoms with van der Waals surface area (Å²) in [5, 5.41) is 16.3. The van der Waals surface area contributed by atoms with Crippen molar-refractivity contribution in [2.45, 2.75) is 6.54 Å². The highest BCUT2D eigenvalue weighted by Gasteiger charge is 2.16. The lowest BCUT2D eigenvalue weighted by atomic mass is 10.1. The minimum absolute atomic E-state index is 0.146. The third-order valence-corrected chi connectivity index (χ3v) is 2.80. The number of hydrogen-bond donors (Lipinski definition) is 2. The molecule has 0 bridgehead atoms. The van der Waals surface area contributed by atoms with Crippen molar-refractivity contribution in [3.8, 4) is 0 Å². The van der Waals surface area contributed by atoms with Crippen LogP contribution >= 0.6 is 0 Å². The second-order valence-electron chi connectivity index (χ2n) is 4.12. The maximum Gasteiger partial charge on any atom is 0.293 e. The van der Waals surface area contributed by atoms with Gasteiger partial charge in [-0.3, -0.25) is 14.9 Å². The second kappa shape index (κ2) is 6.42. The van der Waals surface area contributed by atoms with Crippen molar-refractivity contribution in [1.82, 2.24) is 15.3 Å². The summed E-state index contributed by atoms with van der Waals surface area (Å²) in [6.45, 7) is 0.225. The minimum Gasteiger partial charge on any atom is -0.383 e. The number of nitro groups is 1. The molecule has 8 nitrogen and oxygen atoms in total. The number of amides is 1. The molecule has 0 aliphatic rings. The van der Waals surface area contributed by atoms with Gasteiger partial charge < -0.3 is 10.6 Å². The summed E-state index contributed by atoms with van der Waals surface area (Å²) >= 11 is 0. The first-order valence-electron chi connectivity index (χ1n) is 6.11. The van der Waals surface area contributed by atoms with Crippen LogP contribution in [0.4, 0.5) is 11.4 Å². The Balaban J connectivity index is 2.12. The van der Waals surface area contributed by atoms with E-state index in [0.29, 0.717) is 11.4 Å². The summed E-state index contributed by atoms with van der Waals surface area (Å²) in [6, 6.07) is 5.93. The molecule has 0 radical (unpaired) electrons. The number of carbonyl (C=O) groups excluding carboxylic acids is 1. The van der Waals surface area contributed by atoms with E-state index < -0.39 is 10.8 Å². The van der Waals surface area contributed by atoms with Crippen LogP contribution in [0.15, 0.2) is 36.8 Å². The third-order valence-electron chi connectivity index (χ3n) is 2.80. The lowest BCUT2D eigenvalue weighted by molar-refractivity contribution is -0.384. The Morgan fingerprint density at radius 1 is 1.38 bits per heavy atom. The number of nitrogens with zero attached hydrogens (tertiary/aromatic N) is 3. The fraction of sp³-hybridized carbons (Fsp3) is 0.154. The van der Waals surface area contributed by atoms with Crippen molar-refractivity contribution in [3.63, 3.8) is 0 Å². The normalized spacial score (nSPS) is 9.95. The van der Waals surface area contributed by atoms with E-state index >= 15 is 0 Å². The van der Waals surface area contributed by atoms with Gasteiger partial charge in [0.25, 0.3) is 11.6 Å². The van der Waals surface area contributed by atoms with Crippen LogP contribution < -0.4 is 10.6 Å². The zero-order valence-electron chi connectivity index (χ0n) is 11.2. The molecule has 2 aromatic rings. The number of nitro benzene ring substituents is 1. The molecule has 0 aliphatic heterocycles. The van der Waals surface area contributed by atoms with E-state index in [2.05, 4.69) is 20.6 Å². The van der Waals surface area contributed by atoms with E-state index in [1.165, 1.54) is 24.5 Å². The molecular weight excluding hydrogens is 274 g/mol. The molecule has 0 unspecified atom stereocenters. The van der Waals surface area contributed by atoms with Crippen molar-refractivity contribution < 1.29 is 9.72 Å². The molecule has 0 fully saturated rings. The summed E-state index contributed by atoms with van der Waals surface area (Å²) in [7, 11) is 1.58. The highest BCUT2D eigenvalue weighted by Crippen LogP contribution is 2.24. The molecule has 2 rings (SSSR count). The first-order chi connectivity index (χ1) is 10.1. The van der Waals surface area contributed by atoms with E-state index in [1.807, 2.05) is 0 Å². The largest absolute Gasteiger partial charge is 0.383 e. The molecule has 108 valence electrons. The molecule has 1 aromatic heterocycles. The van der Waals surface area contributed by atoms with Crippen molar-refractivity contribution in [2.75, 3.05) is 12.4 Å². The van der Waals surface area contributed by atoms with Crippen molar-refractivity contribution in [2.24, 2.45) is 0 Å². The lowest BCUT2D eigenvalue weighted by Crippen LogP contribution is -2.23. The Labute approximate surface area is 120 Å². The van der Waals surface area contributed by atoms with E-state index in [0.717, 1.165) is 0 Å². The molecule has 0 spiro atoms. The van der Waals surface area contributed by atoms with Gasteiger partial charge in [-0.1, -0.05) is 0 Å². The Bertz CT molecular complexity index is 660. The maximum atomic E-state index is 12.0. The summed E-state index contributed by atoms with van der Waals surface area (Å²) < 4.78 is 0. The molecule has 0 saturated heterocycles. The van der Waals surface area contributed by atoms with Crippen LogP contribution in [0.1, 0.15) is 16.1 Å². The standard InChI is InChI=1S/C13H13N5O3/c1-14-11-3-2-9(6-12(11)18(20)21)13(19)16-7-10-4-5-15-8-17-10/h2-6,8,14H,7H2,1H3,(H,16,19). The van der Waals surface area contributed by atoms with Crippen LogP contribution in [0.5, 0.6) is 0 Å². The first kappa shape index (κ1) is 14.4. The van der Waals surface area contributed by atoms with Gasteiger partial charge in [0, 0.05) is 24.9 Å². The fourth-order valence-corrected chi connectivity index (χ4v) is 1.73. The lowest BCUT2D eigenvalue weighted by Gasteiger charge is -2.06. The van der Waals surface area contributed by atoms with E-state index in [1.54, 1.807) is 19.3 Å². The van der Waals surface area contributed by atoms with Gasteiger partial charge in [-0.2, -0.15) is 0 Å². The average Bonchev–Trinajstić information content (AvgIpc) is 2.52. The number of carbonyl (C=O) groups is 1. The predicted molar refractivity (Wildman–Crippen MR) is 75.8 cm³/mol. The Hall–Kier alpha value is -3.03. The molecule has 1 heterocycles. The van der Waals surface area contributed by atoms with E-state index in [9.17, 15) is 14.9 Å². The molecule has 0 atom stereocenters. The third kappa shape index (κ3) is 3.50. The summed E-state index contributed by atoms with van der Waals surface area (Å²) in [5.74, 6) is -0.403. The molecule has 1 aromatic carbocycles. The average molecular weight is 287 g/mol. The van der Waals surface area contributed by atoms with Crippen molar-refractivity contribution in [1.29, 1.82) is 0 Å². The van der Waals surface area contributed by atoms with Gasteiger partial charge in [-0.05, 0) is 18.2 Å². The van der Waals surface area contributed by atoms with Crippen LogP contribution in [-0.2, 0) is 6.54 Å². The summed E-state index contributed by atoms with van der Waals surface area (Å²) in [5.41, 5.74) is 1.08. The topological polar surface area (TPSA) is 110 Å². The van der Waals surface area contributed by atoms with Gasteiger partial charge in [0.1, 0.15) is 12.0 Å². The van der Waals surface area contributed by atoms with Gasteiger partial charge in [0.05, 0.1) is 17.2 Å². The van der Waals surface area contributed by atoms with E-state index in [-0.39, 0.29) is 17.8 Å². The molecule has 0 aliphatic carbocycles. The minimum atomic E-state index is -0.535. The van der Waals surface area contributed by atoms with Crippen LogP contribution in [0, 0.1) is 10.1 Å². The van der Waals surface area contributed by atoms with Crippen molar-refractivity contribution >= 4 is 17.3 Å². The summed E-state index contributed by atoms with van der Waals surface area (Å²) in [6.07, 6.45) is 2.95. The van der Waals surface area contributed by atoms with E-state index in [4.69, 9.17) is 0 Å². The van der Waals surface area contributed by atoms with Crippen LogP contribution in [0.2, 0.25) is 0 Å². The molecule has 0 saturated carbocycles. The molecule has 21 heavy (non-hydrogen) atoms.